The predicted octanol–water partition coefficient (Wildman–Crippen LogP) is 2.78. The summed E-state index contributed by atoms with van der Waals surface area (Å²) in [6, 6.07) is 15.6. The Kier molecular flexibility index (Phi) is 6.88. The third-order valence-electron chi connectivity index (χ3n) is 5.28. The Morgan fingerprint density at radius 1 is 1.21 bits per heavy atom. The highest BCUT2D eigenvalue weighted by atomic mass is 16.5. The Balaban J connectivity index is 1.57. The molecule has 154 valence electrons. The van der Waals surface area contributed by atoms with Crippen molar-refractivity contribution in [1.82, 2.24) is 10.2 Å². The molecule has 0 aromatic heterocycles. The fourth-order valence-electron chi connectivity index (χ4n) is 3.62. The van der Waals surface area contributed by atoms with Crippen molar-refractivity contribution in [3.63, 3.8) is 0 Å². The third kappa shape index (κ3) is 5.35. The maximum absolute atomic E-state index is 12.5. The van der Waals surface area contributed by atoms with E-state index in [1.54, 1.807) is 12.0 Å². The highest BCUT2D eigenvalue weighted by Gasteiger charge is 2.21. The first-order valence-corrected chi connectivity index (χ1v) is 9.94. The zero-order chi connectivity index (χ0) is 20.8. The van der Waals surface area contributed by atoms with Crippen LogP contribution in [0, 0.1) is 0 Å². The molecule has 2 aromatic carbocycles. The smallest absolute Gasteiger partial charge is 0.227 e. The van der Waals surface area contributed by atoms with Crippen molar-refractivity contribution in [3.05, 3.63) is 59.7 Å². The lowest BCUT2D eigenvalue weighted by molar-refractivity contribution is -0.120. The second-order valence-electron chi connectivity index (χ2n) is 7.55. The zero-order valence-corrected chi connectivity index (χ0v) is 17.4. The van der Waals surface area contributed by atoms with Crippen LogP contribution in [0.1, 0.15) is 30.0 Å². The van der Waals surface area contributed by atoms with Crippen molar-refractivity contribution in [3.8, 4) is 5.75 Å². The summed E-state index contributed by atoms with van der Waals surface area (Å²) < 4.78 is 5.31. The molecule has 1 heterocycles. The van der Waals surface area contributed by atoms with Gasteiger partial charge in [0.05, 0.1) is 19.6 Å². The van der Waals surface area contributed by atoms with Crippen molar-refractivity contribution < 1.29 is 14.3 Å². The molecule has 6 heteroatoms. The predicted molar refractivity (Wildman–Crippen MR) is 114 cm³/mol. The van der Waals surface area contributed by atoms with E-state index in [0.29, 0.717) is 19.4 Å². The number of ether oxygens (including phenoxy) is 1. The number of nitrogens with one attached hydrogen (secondary N) is 1. The topological polar surface area (TPSA) is 61.9 Å². The van der Waals surface area contributed by atoms with Crippen LogP contribution in [0.4, 0.5) is 5.69 Å². The Morgan fingerprint density at radius 3 is 2.59 bits per heavy atom. The van der Waals surface area contributed by atoms with Crippen LogP contribution >= 0.6 is 0 Å². The van der Waals surface area contributed by atoms with Gasteiger partial charge in [0.25, 0.3) is 0 Å². The van der Waals surface area contributed by atoms with Gasteiger partial charge in [0.15, 0.2) is 0 Å². The van der Waals surface area contributed by atoms with Crippen molar-refractivity contribution in [2.45, 2.75) is 25.3 Å². The molecule has 1 aliphatic heterocycles. The van der Waals surface area contributed by atoms with E-state index >= 15 is 0 Å². The maximum atomic E-state index is 12.5. The van der Waals surface area contributed by atoms with Crippen molar-refractivity contribution in [2.75, 3.05) is 39.2 Å². The lowest BCUT2D eigenvalue weighted by atomic mass is 10.1. The first-order valence-electron chi connectivity index (χ1n) is 9.94. The summed E-state index contributed by atoms with van der Waals surface area (Å²) in [5.74, 6) is 0.949. The lowest BCUT2D eigenvalue weighted by Crippen LogP contribution is -2.35. The van der Waals surface area contributed by atoms with Crippen LogP contribution in [-0.4, -0.2) is 51.0 Å². The molecule has 0 radical (unpaired) electrons. The number of hydrogen-bond donors (Lipinski definition) is 1. The summed E-state index contributed by atoms with van der Waals surface area (Å²) in [5.41, 5.74) is 2.93. The number of likely N-dealkylation sites (N-methyl/N-ethyl adjacent to an activating group) is 1. The molecule has 2 aromatic rings. The van der Waals surface area contributed by atoms with E-state index in [9.17, 15) is 9.59 Å². The molecule has 1 fully saturated rings. The van der Waals surface area contributed by atoms with E-state index in [-0.39, 0.29) is 17.9 Å². The van der Waals surface area contributed by atoms with Gasteiger partial charge in [-0.2, -0.15) is 0 Å². The van der Waals surface area contributed by atoms with E-state index in [1.165, 1.54) is 0 Å². The van der Waals surface area contributed by atoms with Gasteiger partial charge < -0.3 is 19.9 Å². The number of benzene rings is 2. The Morgan fingerprint density at radius 2 is 1.97 bits per heavy atom. The molecule has 1 atom stereocenters. The van der Waals surface area contributed by atoms with Gasteiger partial charge in [-0.05, 0) is 55.9 Å². The average Bonchev–Trinajstić information content (AvgIpc) is 3.14. The lowest BCUT2D eigenvalue weighted by Gasteiger charge is -2.25. The molecule has 1 saturated heterocycles. The molecule has 0 saturated carbocycles. The highest BCUT2D eigenvalue weighted by molar-refractivity contribution is 5.95. The summed E-state index contributed by atoms with van der Waals surface area (Å²) in [5, 5.41) is 3.04. The summed E-state index contributed by atoms with van der Waals surface area (Å²) in [6.07, 6.45) is 1.83. The number of rotatable bonds is 8. The second kappa shape index (κ2) is 9.56. The molecule has 0 spiro atoms. The molecule has 3 rings (SSSR count). The van der Waals surface area contributed by atoms with Crippen molar-refractivity contribution in [1.29, 1.82) is 0 Å². The van der Waals surface area contributed by atoms with Crippen LogP contribution in [0.15, 0.2) is 48.5 Å². The molecular formula is C23H29N3O3. The van der Waals surface area contributed by atoms with Gasteiger partial charge in [-0.25, -0.2) is 0 Å². The van der Waals surface area contributed by atoms with Gasteiger partial charge in [0.2, 0.25) is 11.8 Å². The maximum Gasteiger partial charge on any atom is 0.227 e. The minimum Gasteiger partial charge on any atom is -0.497 e. The van der Waals surface area contributed by atoms with Gasteiger partial charge >= 0.3 is 0 Å². The number of carbonyl (C=O) groups is 2. The molecular weight excluding hydrogens is 366 g/mol. The number of amides is 2. The largest absolute Gasteiger partial charge is 0.497 e. The van der Waals surface area contributed by atoms with Crippen LogP contribution in [0.2, 0.25) is 0 Å². The quantitative estimate of drug-likeness (QED) is 0.747. The first-order chi connectivity index (χ1) is 14.0. The van der Waals surface area contributed by atoms with Crippen molar-refractivity contribution in [2.24, 2.45) is 0 Å². The van der Waals surface area contributed by atoms with Crippen LogP contribution in [0.5, 0.6) is 5.75 Å². The number of nitrogens with zero attached hydrogens (tertiary/aromatic N) is 2. The molecule has 1 N–H and O–H groups in total. The fraction of sp³-hybridized carbons (Fsp3) is 0.391. The number of methoxy groups -OCH3 is 1. The van der Waals surface area contributed by atoms with Crippen LogP contribution in [-0.2, 0) is 16.0 Å². The van der Waals surface area contributed by atoms with Gasteiger partial charge in [-0.15, -0.1) is 0 Å². The summed E-state index contributed by atoms with van der Waals surface area (Å²) in [7, 11) is 5.64. The number of hydrogen-bond acceptors (Lipinski definition) is 4. The molecule has 2 amide bonds. The summed E-state index contributed by atoms with van der Waals surface area (Å²) in [4.78, 5) is 28.2. The Bertz CT molecular complexity index is 849. The second-order valence-corrected chi connectivity index (χ2v) is 7.55. The molecule has 6 nitrogen and oxygen atoms in total. The van der Waals surface area contributed by atoms with E-state index in [2.05, 4.69) is 10.2 Å². The molecule has 1 unspecified atom stereocenters. The minimum absolute atomic E-state index is 0.0234. The van der Waals surface area contributed by atoms with Gasteiger partial charge in [0.1, 0.15) is 5.75 Å². The van der Waals surface area contributed by atoms with Crippen LogP contribution in [0.25, 0.3) is 0 Å². The number of carbonyl (C=O) groups excluding carboxylic acids is 2. The average molecular weight is 396 g/mol. The van der Waals surface area contributed by atoms with E-state index in [0.717, 1.165) is 35.5 Å². The Hall–Kier alpha value is -2.86. The zero-order valence-electron chi connectivity index (χ0n) is 17.4. The van der Waals surface area contributed by atoms with E-state index in [1.807, 2.05) is 62.6 Å². The highest BCUT2D eigenvalue weighted by Crippen LogP contribution is 2.23. The van der Waals surface area contributed by atoms with E-state index in [4.69, 9.17) is 4.74 Å². The molecule has 0 bridgehead atoms. The van der Waals surface area contributed by atoms with Gasteiger partial charge in [0, 0.05) is 25.2 Å². The Labute approximate surface area is 172 Å². The van der Waals surface area contributed by atoms with E-state index < -0.39 is 0 Å². The summed E-state index contributed by atoms with van der Waals surface area (Å²) >= 11 is 0. The molecule has 1 aliphatic rings. The van der Waals surface area contributed by atoms with Gasteiger partial charge in [-0.3, -0.25) is 9.59 Å². The third-order valence-corrected chi connectivity index (χ3v) is 5.28. The van der Waals surface area contributed by atoms with Crippen molar-refractivity contribution >= 4 is 17.5 Å². The van der Waals surface area contributed by atoms with Crippen LogP contribution in [0.3, 0.4) is 0 Å². The normalized spacial score (nSPS) is 14.9. The molecule has 29 heavy (non-hydrogen) atoms. The first kappa shape index (κ1) is 20.9. The minimum atomic E-state index is -0.0234. The monoisotopic (exact) mass is 395 g/mol. The molecule has 0 aliphatic carbocycles. The summed E-state index contributed by atoms with van der Waals surface area (Å²) in [6.45, 7) is 1.29. The number of anilines is 1. The fourth-order valence-corrected chi connectivity index (χ4v) is 3.62. The SMILES string of the molecule is COc1cccc(C(CNC(=O)Cc2ccc(N3CCCC3=O)cc2)N(C)C)c1. The van der Waals surface area contributed by atoms with Crippen LogP contribution < -0.4 is 15.0 Å². The van der Waals surface area contributed by atoms with Gasteiger partial charge in [-0.1, -0.05) is 24.3 Å². The standard InChI is InChI=1S/C23H29N3O3/c1-25(2)21(18-6-4-7-20(15-18)29-3)16-24-22(27)14-17-9-11-19(12-10-17)26-13-5-8-23(26)28/h4,6-7,9-12,15,21H,5,8,13-14,16H2,1-3H3,(H,24,27).